The van der Waals surface area contributed by atoms with E-state index in [1.165, 1.54) is 4.90 Å². The zero-order valence-electron chi connectivity index (χ0n) is 9.49. The highest BCUT2D eigenvalue weighted by molar-refractivity contribution is 6.05. The molecule has 1 saturated heterocycles. The number of amides is 2. The Balaban J connectivity index is 2.91. The number of hydrogen-bond donors (Lipinski definition) is 0. The zero-order valence-corrected chi connectivity index (χ0v) is 9.49. The van der Waals surface area contributed by atoms with E-state index in [9.17, 15) is 9.59 Å². The lowest BCUT2D eigenvalue weighted by Gasteiger charge is -2.21. The van der Waals surface area contributed by atoms with Crippen molar-refractivity contribution in [3.63, 3.8) is 0 Å². The van der Waals surface area contributed by atoms with Crippen molar-refractivity contribution in [2.24, 2.45) is 11.8 Å². The predicted octanol–water partition coefficient (Wildman–Crippen LogP) is 1.43. The first-order chi connectivity index (χ1) is 7.04. The molecule has 0 spiro atoms. The molecule has 0 radical (unpaired) electrons. The molecule has 1 fully saturated rings. The summed E-state index contributed by atoms with van der Waals surface area (Å²) in [7, 11) is 0. The molecular weight excluding hydrogens is 190 g/mol. The van der Waals surface area contributed by atoms with Crippen molar-refractivity contribution in [2.45, 2.75) is 39.7 Å². The second kappa shape index (κ2) is 4.48. The van der Waals surface area contributed by atoms with Gasteiger partial charge in [0.15, 0.2) is 0 Å². The summed E-state index contributed by atoms with van der Waals surface area (Å²) in [6, 6.07) is -0.359. The molecule has 3 heteroatoms. The first kappa shape index (κ1) is 11.8. The number of carbonyl (C=O) groups is 2. The van der Waals surface area contributed by atoms with Gasteiger partial charge in [0.1, 0.15) is 6.04 Å². The van der Waals surface area contributed by atoms with Crippen LogP contribution in [0, 0.1) is 24.2 Å². The van der Waals surface area contributed by atoms with E-state index in [4.69, 9.17) is 6.42 Å². The maximum absolute atomic E-state index is 11.8. The minimum absolute atomic E-state index is 0.121. The summed E-state index contributed by atoms with van der Waals surface area (Å²) in [4.78, 5) is 24.9. The van der Waals surface area contributed by atoms with Crippen molar-refractivity contribution in [3.8, 4) is 12.3 Å². The van der Waals surface area contributed by atoms with Crippen molar-refractivity contribution in [1.82, 2.24) is 4.90 Å². The Hall–Kier alpha value is -1.30. The molecule has 15 heavy (non-hydrogen) atoms. The van der Waals surface area contributed by atoms with Gasteiger partial charge in [-0.05, 0) is 6.42 Å². The number of rotatable bonds is 3. The predicted molar refractivity (Wildman–Crippen MR) is 57.7 cm³/mol. The standard InChI is InChI=1S/C12H17NO2/c1-5-7-10(6-2)13-11(14)8(3)9(4)12(13)15/h2,8-10H,5,7H2,1,3-4H3. The molecule has 0 aliphatic carbocycles. The summed E-state index contributed by atoms with van der Waals surface area (Å²) in [6.45, 7) is 5.55. The van der Waals surface area contributed by atoms with Crippen LogP contribution in [-0.2, 0) is 9.59 Å². The molecule has 0 aromatic heterocycles. The average Bonchev–Trinajstić information content (AvgIpc) is 2.41. The van der Waals surface area contributed by atoms with Crippen molar-refractivity contribution in [2.75, 3.05) is 0 Å². The van der Waals surface area contributed by atoms with Crippen LogP contribution in [0.15, 0.2) is 0 Å². The maximum atomic E-state index is 11.8. The summed E-state index contributed by atoms with van der Waals surface area (Å²) < 4.78 is 0. The Bertz CT molecular complexity index is 296. The summed E-state index contributed by atoms with van der Waals surface area (Å²) in [5.74, 6) is 1.83. The Morgan fingerprint density at radius 3 is 2.13 bits per heavy atom. The number of terminal acetylenes is 1. The third-order valence-corrected chi connectivity index (χ3v) is 3.07. The molecule has 1 aliphatic heterocycles. The molecule has 0 bridgehead atoms. The Labute approximate surface area is 90.8 Å². The SMILES string of the molecule is C#CC(CCC)N1C(=O)C(C)C(C)C1=O. The second-order valence-corrected chi connectivity index (χ2v) is 4.09. The Morgan fingerprint density at radius 1 is 1.33 bits per heavy atom. The molecule has 2 amide bonds. The fourth-order valence-corrected chi connectivity index (χ4v) is 1.84. The van der Waals surface area contributed by atoms with E-state index in [1.54, 1.807) is 13.8 Å². The Kier molecular flexibility index (Phi) is 3.52. The highest BCUT2D eigenvalue weighted by Crippen LogP contribution is 2.28. The molecule has 3 atom stereocenters. The molecule has 0 saturated carbocycles. The molecule has 0 aromatic carbocycles. The number of hydrogen-bond acceptors (Lipinski definition) is 2. The van der Waals surface area contributed by atoms with E-state index in [0.717, 1.165) is 6.42 Å². The lowest BCUT2D eigenvalue weighted by atomic mass is 10.00. The van der Waals surface area contributed by atoms with E-state index in [1.807, 2.05) is 6.92 Å². The number of imide groups is 1. The molecule has 1 heterocycles. The van der Waals surface area contributed by atoms with E-state index >= 15 is 0 Å². The van der Waals surface area contributed by atoms with Crippen LogP contribution in [0.3, 0.4) is 0 Å². The van der Waals surface area contributed by atoms with E-state index in [0.29, 0.717) is 6.42 Å². The third kappa shape index (κ3) is 1.90. The topological polar surface area (TPSA) is 37.4 Å². The van der Waals surface area contributed by atoms with E-state index in [2.05, 4.69) is 5.92 Å². The van der Waals surface area contributed by atoms with Gasteiger partial charge in [-0.3, -0.25) is 14.5 Å². The van der Waals surface area contributed by atoms with Crippen LogP contribution in [0.2, 0.25) is 0 Å². The van der Waals surface area contributed by atoms with Gasteiger partial charge in [0.25, 0.3) is 0 Å². The third-order valence-electron chi connectivity index (χ3n) is 3.07. The van der Waals surface area contributed by atoms with E-state index < -0.39 is 0 Å². The molecule has 3 unspecified atom stereocenters. The normalized spacial score (nSPS) is 28.0. The van der Waals surface area contributed by atoms with Crippen LogP contribution in [0.5, 0.6) is 0 Å². The van der Waals surface area contributed by atoms with Crippen LogP contribution >= 0.6 is 0 Å². The number of carbonyl (C=O) groups excluding carboxylic acids is 2. The quantitative estimate of drug-likeness (QED) is 0.518. The largest absolute Gasteiger partial charge is 0.274 e. The van der Waals surface area contributed by atoms with Crippen LogP contribution in [0.4, 0.5) is 0 Å². The van der Waals surface area contributed by atoms with Crippen LogP contribution < -0.4 is 0 Å². The zero-order chi connectivity index (χ0) is 11.6. The van der Waals surface area contributed by atoms with Gasteiger partial charge in [-0.1, -0.05) is 33.1 Å². The van der Waals surface area contributed by atoms with E-state index in [-0.39, 0.29) is 29.7 Å². The highest BCUT2D eigenvalue weighted by Gasteiger charge is 2.44. The fourth-order valence-electron chi connectivity index (χ4n) is 1.84. The summed E-state index contributed by atoms with van der Waals surface area (Å²) in [5, 5.41) is 0. The molecule has 0 N–H and O–H groups in total. The van der Waals surface area contributed by atoms with Gasteiger partial charge in [0.2, 0.25) is 11.8 Å². The second-order valence-electron chi connectivity index (χ2n) is 4.09. The molecular formula is C12H17NO2. The van der Waals surface area contributed by atoms with Crippen molar-refractivity contribution >= 4 is 11.8 Å². The average molecular weight is 207 g/mol. The van der Waals surface area contributed by atoms with Gasteiger partial charge >= 0.3 is 0 Å². The maximum Gasteiger partial charge on any atom is 0.233 e. The highest BCUT2D eigenvalue weighted by atomic mass is 16.2. The lowest BCUT2D eigenvalue weighted by molar-refractivity contribution is -0.141. The van der Waals surface area contributed by atoms with Gasteiger partial charge in [-0.2, -0.15) is 0 Å². The van der Waals surface area contributed by atoms with Crippen molar-refractivity contribution in [3.05, 3.63) is 0 Å². The monoisotopic (exact) mass is 207 g/mol. The smallest absolute Gasteiger partial charge is 0.233 e. The van der Waals surface area contributed by atoms with Gasteiger partial charge in [-0.25, -0.2) is 0 Å². The molecule has 82 valence electrons. The minimum atomic E-state index is -0.359. The number of nitrogens with zero attached hydrogens (tertiary/aromatic N) is 1. The first-order valence-corrected chi connectivity index (χ1v) is 5.37. The van der Waals surface area contributed by atoms with Gasteiger partial charge in [-0.15, -0.1) is 6.42 Å². The van der Waals surface area contributed by atoms with Crippen molar-refractivity contribution < 1.29 is 9.59 Å². The minimum Gasteiger partial charge on any atom is -0.274 e. The summed E-state index contributed by atoms with van der Waals surface area (Å²) >= 11 is 0. The summed E-state index contributed by atoms with van der Waals surface area (Å²) in [6.07, 6.45) is 6.92. The van der Waals surface area contributed by atoms with Gasteiger partial charge < -0.3 is 0 Å². The molecule has 1 rings (SSSR count). The molecule has 1 aliphatic rings. The van der Waals surface area contributed by atoms with Crippen molar-refractivity contribution in [1.29, 1.82) is 0 Å². The van der Waals surface area contributed by atoms with Gasteiger partial charge in [0.05, 0.1) is 0 Å². The van der Waals surface area contributed by atoms with Crippen LogP contribution in [0.1, 0.15) is 33.6 Å². The summed E-state index contributed by atoms with van der Waals surface area (Å²) in [5.41, 5.74) is 0. The number of likely N-dealkylation sites (tertiary alicyclic amines) is 1. The first-order valence-electron chi connectivity index (χ1n) is 5.37. The molecule has 0 aromatic rings. The van der Waals surface area contributed by atoms with Gasteiger partial charge in [0, 0.05) is 11.8 Å². The van der Waals surface area contributed by atoms with Crippen LogP contribution in [0.25, 0.3) is 0 Å². The lowest BCUT2D eigenvalue weighted by Crippen LogP contribution is -2.39. The Morgan fingerprint density at radius 2 is 1.80 bits per heavy atom. The fraction of sp³-hybridized carbons (Fsp3) is 0.667. The molecule has 3 nitrogen and oxygen atoms in total. The van der Waals surface area contributed by atoms with Crippen LogP contribution in [-0.4, -0.2) is 22.8 Å².